The van der Waals surface area contributed by atoms with Gasteiger partial charge in [-0.1, -0.05) is 30.0 Å². The molecular weight excluding hydrogens is 393 g/mol. The summed E-state index contributed by atoms with van der Waals surface area (Å²) in [5.74, 6) is -0.344. The Balaban J connectivity index is 1.74. The van der Waals surface area contributed by atoms with Crippen LogP contribution in [0.25, 0.3) is 0 Å². The lowest BCUT2D eigenvalue weighted by atomic mass is 10.2. The van der Waals surface area contributed by atoms with Gasteiger partial charge in [0.1, 0.15) is 16.8 Å². The summed E-state index contributed by atoms with van der Waals surface area (Å²) in [5.41, 5.74) is 1.06. The monoisotopic (exact) mass is 413 g/mol. The molecular formula is C21H20FN3O3S. The second-order valence-electron chi connectivity index (χ2n) is 6.17. The number of methoxy groups -OCH3 is 1. The first-order valence-electron chi connectivity index (χ1n) is 8.88. The Morgan fingerprint density at radius 2 is 2.03 bits per heavy atom. The van der Waals surface area contributed by atoms with Crippen molar-refractivity contribution in [2.24, 2.45) is 4.99 Å². The van der Waals surface area contributed by atoms with Gasteiger partial charge in [0, 0.05) is 13.0 Å². The van der Waals surface area contributed by atoms with Gasteiger partial charge in [-0.05, 0) is 36.4 Å². The maximum atomic E-state index is 13.1. The topological polar surface area (TPSA) is 71.0 Å². The molecule has 3 rings (SSSR count). The number of ether oxygens (including phenoxy) is 1. The molecule has 1 N–H and O–H groups in total. The molecule has 2 aromatic rings. The van der Waals surface area contributed by atoms with Gasteiger partial charge in [-0.2, -0.15) is 0 Å². The first-order chi connectivity index (χ1) is 14.0. The van der Waals surface area contributed by atoms with Crippen molar-refractivity contribution in [2.75, 3.05) is 19.0 Å². The van der Waals surface area contributed by atoms with Crippen LogP contribution in [-0.4, -0.2) is 40.8 Å². The minimum Gasteiger partial charge on any atom is -0.495 e. The number of hydrogen-bond donors (Lipinski definition) is 1. The molecule has 0 spiro atoms. The molecule has 1 atom stereocenters. The summed E-state index contributed by atoms with van der Waals surface area (Å²) in [4.78, 5) is 31.2. The minimum atomic E-state index is -0.608. The van der Waals surface area contributed by atoms with Crippen LogP contribution >= 0.6 is 11.8 Å². The Labute approximate surface area is 172 Å². The van der Waals surface area contributed by atoms with Crippen LogP contribution in [0.4, 0.5) is 15.8 Å². The highest BCUT2D eigenvalue weighted by Gasteiger charge is 2.38. The van der Waals surface area contributed by atoms with Gasteiger partial charge < -0.3 is 10.1 Å². The fourth-order valence-corrected chi connectivity index (χ4v) is 3.93. The summed E-state index contributed by atoms with van der Waals surface area (Å²) >= 11 is 1.21. The average Bonchev–Trinajstić information content (AvgIpc) is 2.99. The molecule has 2 amide bonds. The van der Waals surface area contributed by atoms with Gasteiger partial charge in [-0.15, -0.1) is 6.58 Å². The molecule has 150 valence electrons. The summed E-state index contributed by atoms with van der Waals surface area (Å²) in [7, 11) is 1.52. The lowest BCUT2D eigenvalue weighted by molar-refractivity contribution is -0.127. The number of carbonyl (C=O) groups is 2. The number of anilines is 1. The van der Waals surface area contributed by atoms with Gasteiger partial charge in [-0.3, -0.25) is 14.5 Å². The number of para-hydroxylation sites is 2. The third kappa shape index (κ3) is 5.03. The fourth-order valence-electron chi connectivity index (χ4n) is 2.77. The normalized spacial score (nSPS) is 17.4. The van der Waals surface area contributed by atoms with Crippen molar-refractivity contribution >= 4 is 40.1 Å². The van der Waals surface area contributed by atoms with Crippen LogP contribution in [0.2, 0.25) is 0 Å². The van der Waals surface area contributed by atoms with Crippen molar-refractivity contribution in [1.82, 2.24) is 4.90 Å². The zero-order chi connectivity index (χ0) is 20.8. The SMILES string of the molecule is C=CCN1C(=O)C(CC(=O)Nc2ccccc2OC)SC1=Nc1ccc(F)cc1. The highest BCUT2D eigenvalue weighted by molar-refractivity contribution is 8.15. The quantitative estimate of drug-likeness (QED) is 0.697. The molecule has 1 heterocycles. The molecule has 29 heavy (non-hydrogen) atoms. The number of amidine groups is 1. The van der Waals surface area contributed by atoms with E-state index in [4.69, 9.17) is 4.74 Å². The second kappa shape index (κ2) is 9.38. The van der Waals surface area contributed by atoms with E-state index in [1.165, 1.54) is 48.0 Å². The number of hydrogen-bond acceptors (Lipinski definition) is 5. The smallest absolute Gasteiger partial charge is 0.242 e. The largest absolute Gasteiger partial charge is 0.495 e. The number of nitrogens with zero attached hydrogens (tertiary/aromatic N) is 2. The van der Waals surface area contributed by atoms with Crippen molar-refractivity contribution in [3.63, 3.8) is 0 Å². The predicted octanol–water partition coefficient (Wildman–Crippen LogP) is 3.98. The molecule has 0 aliphatic carbocycles. The van der Waals surface area contributed by atoms with E-state index < -0.39 is 5.25 Å². The molecule has 6 nitrogen and oxygen atoms in total. The molecule has 1 unspecified atom stereocenters. The van der Waals surface area contributed by atoms with E-state index in [1.54, 1.807) is 30.3 Å². The highest BCUT2D eigenvalue weighted by atomic mass is 32.2. The Morgan fingerprint density at radius 3 is 2.72 bits per heavy atom. The number of aliphatic imine (C=N–C) groups is 1. The summed E-state index contributed by atoms with van der Waals surface area (Å²) in [6.07, 6.45) is 1.58. The molecule has 0 saturated carbocycles. The van der Waals surface area contributed by atoms with Crippen molar-refractivity contribution in [3.05, 3.63) is 67.0 Å². The van der Waals surface area contributed by atoms with E-state index in [0.717, 1.165) is 0 Å². The molecule has 1 aliphatic rings. The minimum absolute atomic E-state index is 0.0162. The van der Waals surface area contributed by atoms with Crippen LogP contribution in [0.15, 0.2) is 66.2 Å². The summed E-state index contributed by atoms with van der Waals surface area (Å²) in [6, 6.07) is 12.7. The standard InChI is InChI=1S/C21H20FN3O3S/c1-3-12-25-20(27)18(29-21(25)23-15-10-8-14(22)9-11-15)13-19(26)24-16-6-4-5-7-17(16)28-2/h3-11,18H,1,12-13H2,2H3,(H,24,26). The van der Waals surface area contributed by atoms with Crippen molar-refractivity contribution in [2.45, 2.75) is 11.7 Å². The van der Waals surface area contributed by atoms with E-state index in [-0.39, 0.29) is 30.6 Å². The maximum absolute atomic E-state index is 13.1. The zero-order valence-electron chi connectivity index (χ0n) is 15.8. The van der Waals surface area contributed by atoms with Gasteiger partial charge in [0.15, 0.2) is 5.17 Å². The number of carbonyl (C=O) groups excluding carboxylic acids is 2. The molecule has 8 heteroatoms. The van der Waals surface area contributed by atoms with Gasteiger partial charge in [0.25, 0.3) is 0 Å². The Kier molecular flexibility index (Phi) is 6.66. The van der Waals surface area contributed by atoms with Gasteiger partial charge in [-0.25, -0.2) is 9.38 Å². The first kappa shape index (κ1) is 20.6. The number of benzene rings is 2. The van der Waals surface area contributed by atoms with Crippen molar-refractivity contribution < 1.29 is 18.7 Å². The van der Waals surface area contributed by atoms with Gasteiger partial charge >= 0.3 is 0 Å². The van der Waals surface area contributed by atoms with Crippen LogP contribution in [0.1, 0.15) is 6.42 Å². The number of thioether (sulfide) groups is 1. The third-order valence-corrected chi connectivity index (χ3v) is 5.31. The zero-order valence-corrected chi connectivity index (χ0v) is 16.6. The summed E-state index contributed by atoms with van der Waals surface area (Å²) in [5, 5.41) is 2.62. The van der Waals surface area contributed by atoms with Crippen molar-refractivity contribution in [1.29, 1.82) is 0 Å². The molecule has 1 saturated heterocycles. The number of amides is 2. The Hall–Kier alpha value is -3.13. The number of rotatable bonds is 7. The predicted molar refractivity (Wildman–Crippen MR) is 113 cm³/mol. The van der Waals surface area contributed by atoms with Crippen LogP contribution in [0, 0.1) is 5.82 Å². The van der Waals surface area contributed by atoms with E-state index in [1.807, 2.05) is 0 Å². The lowest BCUT2D eigenvalue weighted by Crippen LogP contribution is -2.33. The van der Waals surface area contributed by atoms with Crippen LogP contribution in [-0.2, 0) is 9.59 Å². The van der Waals surface area contributed by atoms with E-state index in [9.17, 15) is 14.0 Å². The van der Waals surface area contributed by atoms with Crippen LogP contribution < -0.4 is 10.1 Å². The van der Waals surface area contributed by atoms with E-state index in [0.29, 0.717) is 22.3 Å². The lowest BCUT2D eigenvalue weighted by Gasteiger charge is -2.14. The molecule has 1 fully saturated rings. The van der Waals surface area contributed by atoms with Crippen molar-refractivity contribution in [3.8, 4) is 5.75 Å². The highest BCUT2D eigenvalue weighted by Crippen LogP contribution is 2.32. The number of nitrogens with one attached hydrogen (secondary N) is 1. The van der Waals surface area contributed by atoms with Crippen LogP contribution in [0.3, 0.4) is 0 Å². The molecule has 1 aliphatic heterocycles. The average molecular weight is 413 g/mol. The third-order valence-electron chi connectivity index (χ3n) is 4.13. The van der Waals surface area contributed by atoms with Gasteiger partial charge in [0.05, 0.1) is 18.5 Å². The molecule has 2 aromatic carbocycles. The molecule has 0 bridgehead atoms. The van der Waals surface area contributed by atoms with E-state index in [2.05, 4.69) is 16.9 Å². The van der Waals surface area contributed by atoms with Crippen LogP contribution in [0.5, 0.6) is 5.75 Å². The molecule has 0 radical (unpaired) electrons. The number of halogens is 1. The summed E-state index contributed by atoms with van der Waals surface area (Å²) < 4.78 is 18.3. The molecule has 0 aromatic heterocycles. The van der Waals surface area contributed by atoms with Gasteiger partial charge in [0.2, 0.25) is 11.8 Å². The Bertz CT molecular complexity index is 946. The fraction of sp³-hybridized carbons (Fsp3) is 0.190. The van der Waals surface area contributed by atoms with E-state index >= 15 is 0 Å². The second-order valence-corrected chi connectivity index (χ2v) is 7.34. The first-order valence-corrected chi connectivity index (χ1v) is 9.76. The Morgan fingerprint density at radius 1 is 1.31 bits per heavy atom. The summed E-state index contributed by atoms with van der Waals surface area (Å²) in [6.45, 7) is 3.95. The maximum Gasteiger partial charge on any atom is 0.242 e.